The number of nitrogens with zero attached hydrogens (tertiary/aromatic N) is 5. The molecular weight excluding hydrogens is 444 g/mol. The van der Waals surface area contributed by atoms with Gasteiger partial charge in [0.15, 0.2) is 21.3 Å². The van der Waals surface area contributed by atoms with Crippen LogP contribution in [-0.2, 0) is 9.84 Å². The highest BCUT2D eigenvalue weighted by Crippen LogP contribution is 2.29. The molecule has 0 atom stereocenters. The zero-order valence-corrected chi connectivity index (χ0v) is 18.8. The molecular formula is C22H28N6O4S. The maximum atomic E-state index is 12.5. The van der Waals surface area contributed by atoms with Crippen LogP contribution in [0.5, 0.6) is 5.75 Å². The van der Waals surface area contributed by atoms with Crippen LogP contribution in [-0.4, -0.2) is 65.0 Å². The van der Waals surface area contributed by atoms with Crippen LogP contribution in [0, 0.1) is 0 Å². The molecule has 0 aliphatic carbocycles. The van der Waals surface area contributed by atoms with Crippen LogP contribution in [0.15, 0.2) is 64.0 Å². The summed E-state index contributed by atoms with van der Waals surface area (Å²) in [5.74, 6) is 0.600. The van der Waals surface area contributed by atoms with Crippen molar-refractivity contribution in [3.63, 3.8) is 0 Å². The highest BCUT2D eigenvalue weighted by atomic mass is 32.2. The Kier molecular flexibility index (Phi) is 6.07. The van der Waals surface area contributed by atoms with Crippen LogP contribution in [0.2, 0.25) is 0 Å². The van der Waals surface area contributed by atoms with Gasteiger partial charge in [-0.25, -0.2) is 18.4 Å². The van der Waals surface area contributed by atoms with Gasteiger partial charge in [-0.2, -0.15) is 0 Å². The second-order valence-electron chi connectivity index (χ2n) is 7.59. The third kappa shape index (κ3) is 4.99. The van der Waals surface area contributed by atoms with E-state index in [4.69, 9.17) is 10.2 Å². The van der Waals surface area contributed by atoms with Crippen LogP contribution in [0.3, 0.4) is 0 Å². The van der Waals surface area contributed by atoms with Gasteiger partial charge < -0.3 is 20.2 Å². The Balaban J connectivity index is 0.00000216. The maximum Gasteiger partial charge on any atom is 0.270 e. The van der Waals surface area contributed by atoms with E-state index in [0.29, 0.717) is 23.4 Å². The smallest absolute Gasteiger partial charge is 0.270 e. The monoisotopic (exact) mass is 472 g/mol. The minimum atomic E-state index is -3.39. The Bertz CT molecular complexity index is 1380. The predicted octanol–water partition coefficient (Wildman–Crippen LogP) is 3.22. The maximum absolute atomic E-state index is 12.5. The predicted molar refractivity (Wildman–Crippen MR) is 129 cm³/mol. The summed E-state index contributed by atoms with van der Waals surface area (Å²) in [6, 6.07) is 12.8. The number of rotatable bonds is 7. The van der Waals surface area contributed by atoms with Crippen LogP contribution in [0.1, 0.15) is 4.28 Å². The van der Waals surface area contributed by atoms with Crippen molar-refractivity contribution in [3.05, 3.63) is 54.7 Å². The van der Waals surface area contributed by atoms with E-state index in [-0.39, 0.29) is 44.0 Å². The quantitative estimate of drug-likeness (QED) is 0.410. The average molecular weight is 473 g/mol. The Morgan fingerprint density at radius 1 is 1.00 bits per heavy atom. The summed E-state index contributed by atoms with van der Waals surface area (Å²) < 4.78 is 30.7. The van der Waals surface area contributed by atoms with Gasteiger partial charge in [-0.05, 0) is 50.5 Å². The normalized spacial score (nSPS) is 11.7. The summed E-state index contributed by atoms with van der Waals surface area (Å²) >= 11 is 0. The molecule has 0 aliphatic heterocycles. The SMILES string of the molecule is CN(C)CCS(=O)(=O)c1ccc(-c2cnc(N)c(-c3nnc(-c4ccc(O)cc4)o3)n2)cc1.[HH].[HH].[HH]. The van der Waals surface area contributed by atoms with Gasteiger partial charge in [-0.15, -0.1) is 10.2 Å². The minimum absolute atomic E-state index is 0. The average Bonchev–Trinajstić information content (AvgIpc) is 3.29. The summed E-state index contributed by atoms with van der Waals surface area (Å²) in [4.78, 5) is 10.7. The number of nitrogens with two attached hydrogens (primary N) is 1. The largest absolute Gasteiger partial charge is 0.508 e. The fourth-order valence-electron chi connectivity index (χ4n) is 2.99. The van der Waals surface area contributed by atoms with Crippen LogP contribution >= 0.6 is 0 Å². The van der Waals surface area contributed by atoms with Crippen LogP contribution in [0.4, 0.5) is 5.82 Å². The van der Waals surface area contributed by atoms with E-state index >= 15 is 0 Å². The van der Waals surface area contributed by atoms with Gasteiger partial charge >= 0.3 is 0 Å². The number of hydrogen-bond acceptors (Lipinski definition) is 10. The molecule has 0 unspecified atom stereocenters. The molecule has 33 heavy (non-hydrogen) atoms. The molecule has 0 saturated heterocycles. The minimum Gasteiger partial charge on any atom is -0.508 e. The van der Waals surface area contributed by atoms with Gasteiger partial charge in [0.2, 0.25) is 5.89 Å². The molecule has 0 saturated carbocycles. The van der Waals surface area contributed by atoms with Crippen LogP contribution in [0.25, 0.3) is 34.3 Å². The van der Waals surface area contributed by atoms with E-state index in [1.54, 1.807) is 36.4 Å². The molecule has 2 aromatic carbocycles. The molecule has 0 radical (unpaired) electrons. The zero-order chi connectivity index (χ0) is 23.6. The Hall–Kier alpha value is -3.83. The van der Waals surface area contributed by atoms with Crippen molar-refractivity contribution in [2.45, 2.75) is 4.90 Å². The molecule has 10 nitrogen and oxygen atoms in total. The summed E-state index contributed by atoms with van der Waals surface area (Å²) in [5.41, 5.74) is 7.96. The third-order valence-corrected chi connectivity index (χ3v) is 6.57. The fourth-order valence-corrected chi connectivity index (χ4v) is 4.38. The summed E-state index contributed by atoms with van der Waals surface area (Å²) in [6.07, 6.45) is 1.49. The topological polar surface area (TPSA) is 148 Å². The molecule has 0 amide bonds. The van der Waals surface area contributed by atoms with Gasteiger partial charge in [-0.1, -0.05) is 12.1 Å². The second kappa shape index (κ2) is 8.96. The number of phenolic OH excluding ortho intramolecular Hbond substituents is 1. The number of aromatic nitrogens is 4. The summed E-state index contributed by atoms with van der Waals surface area (Å²) in [6.45, 7) is 0.438. The molecule has 176 valence electrons. The van der Waals surface area contributed by atoms with Crippen molar-refractivity contribution in [1.82, 2.24) is 25.1 Å². The van der Waals surface area contributed by atoms with Crippen molar-refractivity contribution < 1.29 is 22.2 Å². The van der Waals surface area contributed by atoms with Gasteiger partial charge in [0.05, 0.1) is 22.5 Å². The van der Waals surface area contributed by atoms with E-state index in [0.717, 1.165) is 0 Å². The molecule has 0 aliphatic rings. The van der Waals surface area contributed by atoms with Crippen LogP contribution < -0.4 is 5.73 Å². The lowest BCUT2D eigenvalue weighted by Crippen LogP contribution is -2.21. The van der Waals surface area contributed by atoms with Gasteiger partial charge in [0, 0.05) is 22.0 Å². The third-order valence-electron chi connectivity index (χ3n) is 4.86. The number of nitrogen functional groups attached to an aromatic ring is 1. The van der Waals surface area contributed by atoms with Gasteiger partial charge in [0.1, 0.15) is 5.75 Å². The standard InChI is InChI=1S/C22H22N6O4S.3H2/c1-28(2)11-12-33(30,31)17-9-5-14(6-10-17)18-13-24-20(23)19(25-18)22-27-26-21(32-22)15-3-7-16(29)8-4-15;;;/h3-10,13,29H,11-12H2,1-2H3,(H2,23,24);3*1H. The number of sulfone groups is 1. The van der Waals surface area contributed by atoms with Gasteiger partial charge in [-0.3, -0.25) is 0 Å². The lowest BCUT2D eigenvalue weighted by atomic mass is 10.1. The lowest BCUT2D eigenvalue weighted by Gasteiger charge is -2.10. The Morgan fingerprint density at radius 3 is 2.30 bits per heavy atom. The first-order chi connectivity index (χ1) is 15.7. The van der Waals surface area contributed by atoms with Gasteiger partial charge in [0.25, 0.3) is 5.89 Å². The van der Waals surface area contributed by atoms with E-state index in [2.05, 4.69) is 20.2 Å². The summed E-state index contributed by atoms with van der Waals surface area (Å²) in [5, 5.41) is 17.5. The van der Waals surface area contributed by atoms with E-state index in [1.165, 1.54) is 18.3 Å². The molecule has 11 heteroatoms. The zero-order valence-electron chi connectivity index (χ0n) is 18.0. The van der Waals surface area contributed by atoms with E-state index < -0.39 is 9.84 Å². The van der Waals surface area contributed by atoms with E-state index in [1.807, 2.05) is 19.0 Å². The van der Waals surface area contributed by atoms with Crippen molar-refractivity contribution in [2.75, 3.05) is 32.1 Å². The van der Waals surface area contributed by atoms with Crippen molar-refractivity contribution in [2.24, 2.45) is 0 Å². The molecule has 0 bridgehead atoms. The van der Waals surface area contributed by atoms with Crippen molar-refractivity contribution in [3.8, 4) is 40.0 Å². The first-order valence-corrected chi connectivity index (χ1v) is 11.6. The van der Waals surface area contributed by atoms with E-state index in [9.17, 15) is 13.5 Å². The molecule has 4 aromatic rings. The number of aromatic hydroxyl groups is 1. The first-order valence-electron chi connectivity index (χ1n) is 9.96. The van der Waals surface area contributed by atoms with Crippen molar-refractivity contribution >= 4 is 15.7 Å². The molecule has 0 spiro atoms. The molecule has 2 heterocycles. The second-order valence-corrected chi connectivity index (χ2v) is 9.70. The molecule has 0 fully saturated rings. The molecule has 2 aromatic heterocycles. The molecule has 3 N–H and O–H groups in total. The fraction of sp³-hybridized carbons (Fsp3) is 0.182. The Labute approximate surface area is 195 Å². The number of hydrogen-bond donors (Lipinski definition) is 2. The Morgan fingerprint density at radius 2 is 1.64 bits per heavy atom. The number of phenols is 1. The molecule has 4 rings (SSSR count). The van der Waals surface area contributed by atoms with Crippen molar-refractivity contribution in [1.29, 1.82) is 0 Å². The highest BCUT2D eigenvalue weighted by Gasteiger charge is 2.18. The first kappa shape index (κ1) is 22.4. The highest BCUT2D eigenvalue weighted by molar-refractivity contribution is 7.91. The lowest BCUT2D eigenvalue weighted by molar-refractivity contribution is 0.432. The number of benzene rings is 2. The number of anilines is 1. The summed E-state index contributed by atoms with van der Waals surface area (Å²) in [7, 11) is 0.268.